The predicted molar refractivity (Wildman–Crippen MR) is 128 cm³/mol. The minimum atomic E-state index is -0.382. The number of amides is 1. The topological polar surface area (TPSA) is 52.6 Å². The van der Waals surface area contributed by atoms with E-state index in [0.717, 1.165) is 59.5 Å². The molecule has 1 amide bonds. The second-order valence-electron chi connectivity index (χ2n) is 9.95. The van der Waals surface area contributed by atoms with Gasteiger partial charge in [-0.05, 0) is 62.7 Å². The van der Waals surface area contributed by atoms with Crippen molar-refractivity contribution < 1.29 is 4.79 Å². The molecule has 0 bridgehead atoms. The molecule has 2 atom stereocenters. The molecule has 2 aliphatic heterocycles. The first-order valence-electron chi connectivity index (χ1n) is 11.5. The van der Waals surface area contributed by atoms with Crippen LogP contribution in [0.25, 0.3) is 22.0 Å². The number of anilines is 2. The number of carbonyl (C=O) groups excluding carboxylic acids is 1. The lowest BCUT2D eigenvalue weighted by Crippen LogP contribution is -2.57. The maximum absolute atomic E-state index is 13.3. The third kappa shape index (κ3) is 2.53. The van der Waals surface area contributed by atoms with Crippen molar-refractivity contribution in [1.29, 1.82) is 0 Å². The molecule has 1 aliphatic carbocycles. The maximum atomic E-state index is 13.3. The first-order valence-corrected chi connectivity index (χ1v) is 11.5. The van der Waals surface area contributed by atoms with Crippen molar-refractivity contribution in [2.45, 2.75) is 31.2 Å². The highest BCUT2D eigenvalue weighted by Crippen LogP contribution is 2.58. The number of rotatable bonds is 3. The monoisotopic (exact) mass is 427 g/mol. The van der Waals surface area contributed by atoms with Gasteiger partial charge in [0.05, 0.1) is 22.8 Å². The maximum Gasteiger partial charge on any atom is 0.237 e. The first-order chi connectivity index (χ1) is 15.4. The van der Waals surface area contributed by atoms with Crippen molar-refractivity contribution in [3.8, 4) is 11.1 Å². The van der Waals surface area contributed by atoms with Crippen molar-refractivity contribution in [2.24, 2.45) is 5.92 Å². The minimum Gasteiger partial charge on any atom is -0.353 e. The summed E-state index contributed by atoms with van der Waals surface area (Å²) in [6, 6.07) is 11.3. The molecule has 6 nitrogen and oxygen atoms in total. The van der Waals surface area contributed by atoms with Crippen LogP contribution in [0.15, 0.2) is 42.7 Å². The van der Waals surface area contributed by atoms with Crippen LogP contribution in [0.5, 0.6) is 0 Å². The zero-order chi connectivity index (χ0) is 22.2. The summed E-state index contributed by atoms with van der Waals surface area (Å²) in [4.78, 5) is 29.1. The lowest BCUT2D eigenvalue weighted by molar-refractivity contribution is -0.128. The van der Waals surface area contributed by atoms with E-state index in [2.05, 4.69) is 66.1 Å². The van der Waals surface area contributed by atoms with Gasteiger partial charge in [-0.25, -0.2) is 4.98 Å². The molecule has 1 spiro atoms. The molecule has 3 aromatic rings. The van der Waals surface area contributed by atoms with E-state index in [9.17, 15) is 4.79 Å². The zero-order valence-corrected chi connectivity index (χ0v) is 19.2. The average Bonchev–Trinajstić information content (AvgIpc) is 3.00. The van der Waals surface area contributed by atoms with Crippen LogP contribution >= 0.6 is 0 Å². The number of fused-ring (bicyclic) bond motifs is 4. The molecule has 1 saturated heterocycles. The zero-order valence-electron chi connectivity index (χ0n) is 19.2. The molecular formula is C26H29N5O. The van der Waals surface area contributed by atoms with Gasteiger partial charge in [0.25, 0.3) is 0 Å². The smallest absolute Gasteiger partial charge is 0.237 e. The van der Waals surface area contributed by atoms with Crippen LogP contribution in [0.4, 0.5) is 11.5 Å². The molecule has 3 aliphatic rings. The quantitative estimate of drug-likeness (QED) is 0.638. The Balaban J connectivity index is 1.38. The number of aromatic nitrogens is 2. The van der Waals surface area contributed by atoms with Crippen LogP contribution in [0.1, 0.15) is 25.3 Å². The SMILES string of the molecule is CC1CCC12C(=O)N(C)c1cnc3ccc(-c4ccc(N5CC(N(C)C)C5)nc4)cc3c12. The van der Waals surface area contributed by atoms with Gasteiger partial charge in [-0.2, -0.15) is 0 Å². The number of likely N-dealkylation sites (N-methyl/N-ethyl adjacent to an activating group) is 2. The van der Waals surface area contributed by atoms with E-state index < -0.39 is 0 Å². The van der Waals surface area contributed by atoms with Crippen molar-refractivity contribution in [1.82, 2.24) is 14.9 Å². The van der Waals surface area contributed by atoms with Gasteiger partial charge in [0.1, 0.15) is 5.82 Å². The van der Waals surface area contributed by atoms with Crippen LogP contribution < -0.4 is 9.80 Å². The van der Waals surface area contributed by atoms with E-state index in [1.54, 1.807) is 0 Å². The lowest BCUT2D eigenvalue weighted by atomic mass is 9.57. The highest BCUT2D eigenvalue weighted by atomic mass is 16.2. The molecular weight excluding hydrogens is 398 g/mol. The van der Waals surface area contributed by atoms with Crippen LogP contribution in [-0.4, -0.2) is 61.0 Å². The van der Waals surface area contributed by atoms with E-state index in [-0.39, 0.29) is 11.3 Å². The van der Waals surface area contributed by atoms with Crippen LogP contribution in [-0.2, 0) is 10.2 Å². The van der Waals surface area contributed by atoms with Gasteiger partial charge in [0.15, 0.2) is 0 Å². The molecule has 32 heavy (non-hydrogen) atoms. The molecule has 6 heteroatoms. The minimum absolute atomic E-state index is 0.225. The van der Waals surface area contributed by atoms with Crippen LogP contribution in [0, 0.1) is 5.92 Å². The first kappa shape index (κ1) is 19.7. The van der Waals surface area contributed by atoms with E-state index in [1.807, 2.05) is 24.3 Å². The number of carbonyl (C=O) groups is 1. The summed E-state index contributed by atoms with van der Waals surface area (Å²) in [5, 5.41) is 1.10. The summed E-state index contributed by atoms with van der Waals surface area (Å²) in [7, 11) is 6.14. The Kier molecular flexibility index (Phi) is 4.15. The summed E-state index contributed by atoms with van der Waals surface area (Å²) < 4.78 is 0. The van der Waals surface area contributed by atoms with Crippen LogP contribution in [0.3, 0.4) is 0 Å². The average molecular weight is 428 g/mol. The number of nitrogens with zero attached hydrogens (tertiary/aromatic N) is 5. The fourth-order valence-corrected chi connectivity index (χ4v) is 5.72. The number of hydrogen-bond donors (Lipinski definition) is 0. The number of pyridine rings is 2. The number of hydrogen-bond acceptors (Lipinski definition) is 5. The Hall–Kier alpha value is -2.99. The Morgan fingerprint density at radius 2 is 1.84 bits per heavy atom. The normalized spacial score (nSPS) is 24.9. The summed E-state index contributed by atoms with van der Waals surface area (Å²) in [6.45, 7) is 4.25. The molecule has 0 N–H and O–H groups in total. The Morgan fingerprint density at radius 1 is 1.06 bits per heavy atom. The van der Waals surface area contributed by atoms with Gasteiger partial charge >= 0.3 is 0 Å². The van der Waals surface area contributed by atoms with Crippen molar-refractivity contribution >= 4 is 28.3 Å². The van der Waals surface area contributed by atoms with E-state index in [4.69, 9.17) is 4.98 Å². The molecule has 1 saturated carbocycles. The summed E-state index contributed by atoms with van der Waals surface area (Å²) in [5.41, 5.74) is 4.92. The fourth-order valence-electron chi connectivity index (χ4n) is 5.72. The Morgan fingerprint density at radius 3 is 2.47 bits per heavy atom. The van der Waals surface area contributed by atoms with Gasteiger partial charge in [-0.15, -0.1) is 0 Å². The molecule has 2 fully saturated rings. The van der Waals surface area contributed by atoms with E-state index in [1.165, 1.54) is 5.56 Å². The molecule has 164 valence electrons. The van der Waals surface area contributed by atoms with Crippen molar-refractivity contribution in [3.05, 3.63) is 48.3 Å². The summed E-state index contributed by atoms with van der Waals surface area (Å²) in [6.07, 6.45) is 5.86. The lowest BCUT2D eigenvalue weighted by Gasteiger charge is -2.44. The Labute approximate surface area is 188 Å². The Bertz CT molecular complexity index is 1230. The molecule has 2 aromatic heterocycles. The van der Waals surface area contributed by atoms with Gasteiger partial charge in [0, 0.05) is 48.9 Å². The summed E-state index contributed by atoms with van der Waals surface area (Å²) in [5.74, 6) is 1.61. The van der Waals surface area contributed by atoms with Crippen molar-refractivity contribution in [2.75, 3.05) is 44.0 Å². The molecule has 1 aromatic carbocycles. The second-order valence-corrected chi connectivity index (χ2v) is 9.95. The molecule has 6 rings (SSSR count). The van der Waals surface area contributed by atoms with Gasteiger partial charge in [0.2, 0.25) is 5.91 Å². The van der Waals surface area contributed by atoms with Gasteiger partial charge < -0.3 is 14.7 Å². The van der Waals surface area contributed by atoms with Gasteiger partial charge in [-0.3, -0.25) is 9.78 Å². The largest absolute Gasteiger partial charge is 0.353 e. The van der Waals surface area contributed by atoms with E-state index >= 15 is 0 Å². The highest BCUT2D eigenvalue weighted by molar-refractivity contribution is 6.13. The fraction of sp³-hybridized carbons (Fsp3) is 0.423. The standard InChI is InChI=1S/C26H29N5O/c1-16-9-10-26(16)24-20-11-17(5-7-21(20)27-13-22(24)30(4)25(26)32)18-6-8-23(28-12-18)31-14-19(15-31)29(2)3/h5-8,11-13,16,19H,9-10,14-15H2,1-4H3. The van der Waals surface area contributed by atoms with Crippen LogP contribution in [0.2, 0.25) is 0 Å². The van der Waals surface area contributed by atoms with E-state index in [0.29, 0.717) is 12.0 Å². The highest BCUT2D eigenvalue weighted by Gasteiger charge is 2.58. The molecule has 2 unspecified atom stereocenters. The second kappa shape index (κ2) is 6.75. The third-order valence-corrected chi connectivity index (χ3v) is 8.15. The molecule has 4 heterocycles. The third-order valence-electron chi connectivity index (χ3n) is 8.15. The summed E-state index contributed by atoms with van der Waals surface area (Å²) >= 11 is 0. The van der Waals surface area contributed by atoms with Gasteiger partial charge in [-0.1, -0.05) is 13.0 Å². The predicted octanol–water partition coefficient (Wildman–Crippen LogP) is 3.69. The molecule has 0 radical (unpaired) electrons. The number of benzene rings is 1. The van der Waals surface area contributed by atoms with Crippen molar-refractivity contribution in [3.63, 3.8) is 0 Å².